The average Bonchev–Trinajstić information content (AvgIpc) is 0.950. The van der Waals surface area contributed by atoms with E-state index >= 15 is 0 Å². The number of unbranched alkanes of at least 4 members (excludes halogenated alkanes) is 51. The quantitative estimate of drug-likeness (QED) is 0.0222. The van der Waals surface area contributed by atoms with Gasteiger partial charge in [0, 0.05) is 25.7 Å². The van der Waals surface area contributed by atoms with Crippen LogP contribution in [-0.4, -0.2) is 96.7 Å². The fraction of sp³-hybridized carbons (Fsp3) is 0.951. The molecule has 0 bridgehead atoms. The second-order valence-corrected chi connectivity index (χ2v) is 33.4. The van der Waals surface area contributed by atoms with Crippen molar-refractivity contribution in [1.29, 1.82) is 0 Å². The molecule has 0 fully saturated rings. The van der Waals surface area contributed by atoms with Gasteiger partial charge in [-0.3, -0.25) is 37.3 Å². The number of carbonyl (C=O) groups excluding carboxylic acids is 4. The Morgan fingerprint density at radius 1 is 0.267 bits per heavy atom. The summed E-state index contributed by atoms with van der Waals surface area (Å²) in [5.41, 5.74) is 0. The van der Waals surface area contributed by atoms with E-state index < -0.39 is 97.5 Å². The number of hydrogen-bond acceptors (Lipinski definition) is 15. The summed E-state index contributed by atoms with van der Waals surface area (Å²) in [4.78, 5) is 73.1. The summed E-state index contributed by atoms with van der Waals surface area (Å²) in [5.74, 6) is -0.560. The molecule has 600 valence electrons. The van der Waals surface area contributed by atoms with Gasteiger partial charge in [-0.15, -0.1) is 0 Å². The molecule has 101 heavy (non-hydrogen) atoms. The zero-order valence-corrected chi connectivity index (χ0v) is 68.0. The van der Waals surface area contributed by atoms with Crippen LogP contribution in [0, 0.1) is 11.8 Å². The van der Waals surface area contributed by atoms with Crippen molar-refractivity contribution in [2.75, 3.05) is 39.6 Å². The second-order valence-electron chi connectivity index (χ2n) is 30.5. The van der Waals surface area contributed by atoms with Crippen LogP contribution in [0.25, 0.3) is 0 Å². The van der Waals surface area contributed by atoms with E-state index in [-0.39, 0.29) is 25.7 Å². The van der Waals surface area contributed by atoms with Gasteiger partial charge in [0.05, 0.1) is 26.4 Å². The Balaban J connectivity index is 5.23. The number of ether oxygens (including phenoxy) is 4. The molecule has 17 nitrogen and oxygen atoms in total. The van der Waals surface area contributed by atoms with Gasteiger partial charge in [-0.25, -0.2) is 9.13 Å². The monoisotopic (exact) mass is 1480 g/mol. The second kappa shape index (κ2) is 73.6. The summed E-state index contributed by atoms with van der Waals surface area (Å²) in [7, 11) is -9.92. The van der Waals surface area contributed by atoms with Gasteiger partial charge in [-0.2, -0.15) is 0 Å². The van der Waals surface area contributed by atoms with Crippen LogP contribution in [0.15, 0.2) is 0 Å². The highest BCUT2D eigenvalue weighted by atomic mass is 31.2. The Morgan fingerprint density at radius 3 is 0.673 bits per heavy atom. The van der Waals surface area contributed by atoms with Crippen molar-refractivity contribution in [1.82, 2.24) is 0 Å². The van der Waals surface area contributed by atoms with Crippen molar-refractivity contribution >= 4 is 39.5 Å². The SMILES string of the molecule is CCCCCCCCCCCCCCCCCCCCCCCC(=O)O[C@H](COC(=O)CCCCCCCCCCCCCCC(C)C)COP(=O)(O)OC[C@@H](O)COP(=O)(O)OC[C@@H](COC(=O)CCCCCCCCCCCCC)OC(=O)CCCCCCCCCCCCCC(C)C. The zero-order valence-electron chi connectivity index (χ0n) is 66.2. The number of hydrogen-bond donors (Lipinski definition) is 3. The third-order valence-corrected chi connectivity index (χ3v) is 21.1. The molecule has 0 amide bonds. The lowest BCUT2D eigenvalue weighted by Crippen LogP contribution is -2.30. The Labute approximate surface area is 619 Å². The fourth-order valence-corrected chi connectivity index (χ4v) is 14.3. The van der Waals surface area contributed by atoms with Crippen LogP contribution >= 0.6 is 15.6 Å². The van der Waals surface area contributed by atoms with E-state index in [0.29, 0.717) is 25.7 Å². The lowest BCUT2D eigenvalue weighted by molar-refractivity contribution is -0.161. The van der Waals surface area contributed by atoms with Crippen LogP contribution in [0.5, 0.6) is 0 Å². The summed E-state index contributed by atoms with van der Waals surface area (Å²) >= 11 is 0. The Kier molecular flexibility index (Phi) is 72.2. The molecule has 0 aromatic carbocycles. The molecule has 2 unspecified atom stereocenters. The number of carbonyl (C=O) groups is 4. The maximum Gasteiger partial charge on any atom is 0.472 e. The minimum atomic E-state index is -4.96. The van der Waals surface area contributed by atoms with Crippen LogP contribution in [0.1, 0.15) is 433 Å². The summed E-state index contributed by atoms with van der Waals surface area (Å²) < 4.78 is 68.8. The molecular formula is C82H160O17P2. The smallest absolute Gasteiger partial charge is 0.462 e. The normalized spacial score (nSPS) is 13.9. The summed E-state index contributed by atoms with van der Waals surface area (Å²) in [6.07, 6.45) is 63.8. The zero-order chi connectivity index (χ0) is 74.2. The molecule has 0 aliphatic rings. The molecule has 19 heteroatoms. The van der Waals surface area contributed by atoms with Crippen molar-refractivity contribution in [3.63, 3.8) is 0 Å². The molecule has 0 aliphatic heterocycles. The minimum absolute atomic E-state index is 0.107. The maximum atomic E-state index is 13.1. The molecule has 0 aliphatic carbocycles. The van der Waals surface area contributed by atoms with E-state index in [2.05, 4.69) is 41.5 Å². The van der Waals surface area contributed by atoms with Crippen LogP contribution in [0.4, 0.5) is 0 Å². The van der Waals surface area contributed by atoms with E-state index in [1.165, 1.54) is 250 Å². The standard InChI is InChI=1S/C82H160O17P2/c1-7-9-11-13-15-17-19-20-21-22-23-24-25-26-27-28-36-42-48-54-60-66-81(86)98-78(71-93-80(85)65-59-53-47-41-35-30-29-33-38-44-50-56-62-74(3)4)73-97-101(90,91)95-69-76(83)68-94-100(88,89)96-72-77(70-92-79(84)64-58-52-46-40-32-18-16-14-12-10-8-2)99-82(87)67-61-55-49-43-37-31-34-39-45-51-57-63-75(5)6/h74-78,83H,7-73H2,1-6H3,(H,88,89)(H,90,91)/t76-,77+,78+/m0/s1. The van der Waals surface area contributed by atoms with Crippen LogP contribution in [0.3, 0.4) is 0 Å². The molecule has 5 atom stereocenters. The molecular weight excluding hydrogens is 1320 g/mol. The first-order chi connectivity index (χ1) is 48.9. The van der Waals surface area contributed by atoms with E-state index in [1.807, 2.05) is 0 Å². The molecule has 0 saturated heterocycles. The van der Waals surface area contributed by atoms with Crippen molar-refractivity contribution in [3.05, 3.63) is 0 Å². The predicted molar refractivity (Wildman–Crippen MR) is 414 cm³/mol. The van der Waals surface area contributed by atoms with Gasteiger partial charge in [0.1, 0.15) is 19.3 Å². The molecule has 0 heterocycles. The topological polar surface area (TPSA) is 237 Å². The Bertz CT molecular complexity index is 1940. The van der Waals surface area contributed by atoms with Crippen molar-refractivity contribution in [3.8, 4) is 0 Å². The molecule has 0 rings (SSSR count). The highest BCUT2D eigenvalue weighted by Crippen LogP contribution is 2.45. The van der Waals surface area contributed by atoms with Gasteiger partial charge in [-0.1, -0.05) is 382 Å². The average molecular weight is 1480 g/mol. The Morgan fingerprint density at radius 2 is 0.455 bits per heavy atom. The number of esters is 4. The highest BCUT2D eigenvalue weighted by molar-refractivity contribution is 7.47. The first-order valence-electron chi connectivity index (χ1n) is 42.5. The van der Waals surface area contributed by atoms with Gasteiger partial charge >= 0.3 is 39.5 Å². The third-order valence-electron chi connectivity index (χ3n) is 19.2. The molecule has 3 N–H and O–H groups in total. The van der Waals surface area contributed by atoms with Crippen molar-refractivity contribution in [2.45, 2.75) is 452 Å². The number of aliphatic hydroxyl groups excluding tert-OH is 1. The molecule has 0 radical (unpaired) electrons. The third kappa shape index (κ3) is 76.1. The van der Waals surface area contributed by atoms with E-state index in [9.17, 15) is 43.2 Å². The first-order valence-corrected chi connectivity index (χ1v) is 45.5. The van der Waals surface area contributed by atoms with Crippen molar-refractivity contribution < 1.29 is 80.2 Å². The van der Waals surface area contributed by atoms with Gasteiger partial charge in [0.25, 0.3) is 0 Å². The van der Waals surface area contributed by atoms with Gasteiger partial charge < -0.3 is 33.8 Å². The molecule has 0 saturated carbocycles. The largest absolute Gasteiger partial charge is 0.472 e. The van der Waals surface area contributed by atoms with Crippen LogP contribution in [0.2, 0.25) is 0 Å². The van der Waals surface area contributed by atoms with Crippen LogP contribution < -0.4 is 0 Å². The van der Waals surface area contributed by atoms with E-state index in [1.54, 1.807) is 0 Å². The summed E-state index contributed by atoms with van der Waals surface area (Å²) in [6.45, 7) is 9.65. The fourth-order valence-electron chi connectivity index (χ4n) is 12.7. The highest BCUT2D eigenvalue weighted by Gasteiger charge is 2.30. The summed E-state index contributed by atoms with van der Waals surface area (Å²) in [5, 5.41) is 10.6. The molecule has 0 aromatic heterocycles. The van der Waals surface area contributed by atoms with Crippen LogP contribution in [-0.2, 0) is 65.4 Å². The predicted octanol–water partition coefficient (Wildman–Crippen LogP) is 24.7. The lowest BCUT2D eigenvalue weighted by atomic mass is 10.0. The van der Waals surface area contributed by atoms with E-state index in [4.69, 9.17) is 37.0 Å². The number of rotatable bonds is 81. The molecule has 0 spiro atoms. The Hall–Kier alpha value is -1.94. The van der Waals surface area contributed by atoms with Crippen molar-refractivity contribution in [2.24, 2.45) is 11.8 Å². The summed E-state index contributed by atoms with van der Waals surface area (Å²) in [6, 6.07) is 0. The lowest BCUT2D eigenvalue weighted by Gasteiger charge is -2.21. The molecule has 0 aromatic rings. The first kappa shape index (κ1) is 99.1. The minimum Gasteiger partial charge on any atom is -0.462 e. The number of aliphatic hydroxyl groups is 1. The van der Waals surface area contributed by atoms with Gasteiger partial charge in [0.15, 0.2) is 12.2 Å². The van der Waals surface area contributed by atoms with E-state index in [0.717, 1.165) is 102 Å². The number of phosphoric ester groups is 2. The van der Waals surface area contributed by atoms with Gasteiger partial charge in [0.2, 0.25) is 0 Å². The number of phosphoric acid groups is 2. The maximum absolute atomic E-state index is 13.1. The van der Waals surface area contributed by atoms with Gasteiger partial charge in [-0.05, 0) is 37.5 Å².